The monoisotopic (exact) mass is 183 g/mol. The first-order chi connectivity index (χ1) is 6.10. The Morgan fingerprint density at radius 2 is 1.77 bits per heavy atom. The van der Waals surface area contributed by atoms with Crippen LogP contribution in [0.1, 0.15) is 18.9 Å². The van der Waals surface area contributed by atoms with Gasteiger partial charge >= 0.3 is 0 Å². The van der Waals surface area contributed by atoms with Gasteiger partial charge in [0.05, 0.1) is 0 Å². The quantitative estimate of drug-likeness (QED) is 0.703. The van der Waals surface area contributed by atoms with E-state index in [2.05, 4.69) is 5.32 Å². The fourth-order valence-electron chi connectivity index (χ4n) is 1.62. The Morgan fingerprint density at radius 1 is 1.23 bits per heavy atom. The van der Waals surface area contributed by atoms with Gasteiger partial charge in [0, 0.05) is 11.6 Å². The summed E-state index contributed by atoms with van der Waals surface area (Å²) in [6.45, 7) is 2.86. The molecule has 0 radical (unpaired) electrons. The Labute approximate surface area is 75.8 Å². The van der Waals surface area contributed by atoms with Crippen LogP contribution in [0.5, 0.6) is 0 Å². The minimum atomic E-state index is -0.509. The third-order valence-corrected chi connectivity index (χ3v) is 2.64. The maximum absolute atomic E-state index is 12.9. The van der Waals surface area contributed by atoms with Gasteiger partial charge in [0.15, 0.2) is 0 Å². The van der Waals surface area contributed by atoms with E-state index in [1.54, 1.807) is 0 Å². The predicted octanol–water partition coefficient (Wildman–Crippen LogP) is 2.17. The van der Waals surface area contributed by atoms with E-state index in [9.17, 15) is 8.78 Å². The Hall–Kier alpha value is -0.960. The highest BCUT2D eigenvalue weighted by atomic mass is 19.1. The van der Waals surface area contributed by atoms with Crippen LogP contribution in [-0.4, -0.2) is 6.54 Å². The summed E-state index contributed by atoms with van der Waals surface area (Å²) in [5, 5.41) is 3.16. The summed E-state index contributed by atoms with van der Waals surface area (Å²) < 4.78 is 25.7. The molecule has 1 N–H and O–H groups in total. The molecule has 1 fully saturated rings. The van der Waals surface area contributed by atoms with Gasteiger partial charge in [-0.3, -0.25) is 0 Å². The van der Waals surface area contributed by atoms with E-state index < -0.39 is 11.6 Å². The van der Waals surface area contributed by atoms with Gasteiger partial charge in [-0.1, -0.05) is 0 Å². The average Bonchev–Trinajstić information content (AvgIpc) is 1.98. The molecule has 1 nitrogen and oxygen atoms in total. The van der Waals surface area contributed by atoms with Crippen molar-refractivity contribution in [2.75, 3.05) is 6.54 Å². The first-order valence-electron chi connectivity index (χ1n) is 4.32. The number of nitrogens with one attached hydrogen (secondary N) is 1. The predicted molar refractivity (Wildman–Crippen MR) is 46.3 cm³/mol. The number of rotatable bonds is 1. The van der Waals surface area contributed by atoms with E-state index in [1.807, 2.05) is 6.92 Å². The average molecular weight is 183 g/mol. The first kappa shape index (κ1) is 8.63. The lowest BCUT2D eigenvalue weighted by Gasteiger charge is -2.40. The number of halogens is 2. The minimum absolute atomic E-state index is 0.233. The highest BCUT2D eigenvalue weighted by Crippen LogP contribution is 2.31. The molecule has 0 amide bonds. The molecule has 13 heavy (non-hydrogen) atoms. The normalized spacial score (nSPS) is 27.0. The summed E-state index contributed by atoms with van der Waals surface area (Å²) in [5.74, 6) is -1.02. The second-order valence-electron chi connectivity index (χ2n) is 3.67. The van der Waals surface area contributed by atoms with Crippen LogP contribution in [0.4, 0.5) is 8.78 Å². The second kappa shape index (κ2) is 2.77. The summed E-state index contributed by atoms with van der Waals surface area (Å²) >= 11 is 0. The van der Waals surface area contributed by atoms with E-state index in [4.69, 9.17) is 0 Å². The molecule has 0 saturated carbocycles. The minimum Gasteiger partial charge on any atom is -0.307 e. The lowest BCUT2D eigenvalue weighted by atomic mass is 9.83. The van der Waals surface area contributed by atoms with E-state index in [1.165, 1.54) is 12.1 Å². The van der Waals surface area contributed by atoms with Crippen LogP contribution >= 0.6 is 0 Å². The maximum atomic E-state index is 12.9. The highest BCUT2D eigenvalue weighted by molar-refractivity contribution is 5.27. The van der Waals surface area contributed by atoms with Gasteiger partial charge in [0.1, 0.15) is 11.6 Å². The highest BCUT2D eigenvalue weighted by Gasteiger charge is 2.33. The Balaban J connectivity index is 2.39. The molecule has 1 aliphatic rings. The Morgan fingerprint density at radius 3 is 2.15 bits per heavy atom. The molecular weight excluding hydrogens is 172 g/mol. The van der Waals surface area contributed by atoms with Gasteiger partial charge < -0.3 is 5.32 Å². The van der Waals surface area contributed by atoms with Gasteiger partial charge in [0.2, 0.25) is 0 Å². The lowest BCUT2D eigenvalue weighted by molar-refractivity contribution is 0.235. The van der Waals surface area contributed by atoms with Crippen molar-refractivity contribution in [1.82, 2.24) is 5.32 Å². The first-order valence-corrected chi connectivity index (χ1v) is 4.32. The largest absolute Gasteiger partial charge is 0.307 e. The van der Waals surface area contributed by atoms with Crippen LogP contribution in [0.25, 0.3) is 0 Å². The van der Waals surface area contributed by atoms with Gasteiger partial charge in [-0.2, -0.15) is 0 Å². The van der Waals surface area contributed by atoms with Gasteiger partial charge in [-0.25, -0.2) is 8.78 Å². The SMILES string of the molecule is CC1(c2cc(F)cc(F)c2)CCN1. The number of hydrogen-bond acceptors (Lipinski definition) is 1. The van der Waals surface area contributed by atoms with Crippen molar-refractivity contribution in [3.8, 4) is 0 Å². The molecular formula is C10H11F2N. The fraction of sp³-hybridized carbons (Fsp3) is 0.400. The molecule has 0 spiro atoms. The van der Waals surface area contributed by atoms with Gasteiger partial charge in [-0.15, -0.1) is 0 Å². The molecule has 1 saturated heterocycles. The third-order valence-electron chi connectivity index (χ3n) is 2.64. The topological polar surface area (TPSA) is 12.0 Å². The Kier molecular flexibility index (Phi) is 1.84. The maximum Gasteiger partial charge on any atom is 0.126 e. The van der Waals surface area contributed by atoms with E-state index in [0.717, 1.165) is 19.0 Å². The molecule has 1 aromatic carbocycles. The van der Waals surface area contributed by atoms with Crippen LogP contribution in [0.15, 0.2) is 18.2 Å². The number of hydrogen-bond donors (Lipinski definition) is 1. The summed E-state index contributed by atoms with van der Waals surface area (Å²) in [7, 11) is 0. The summed E-state index contributed by atoms with van der Waals surface area (Å²) in [5.41, 5.74) is 0.458. The van der Waals surface area contributed by atoms with Crippen molar-refractivity contribution in [3.05, 3.63) is 35.4 Å². The summed E-state index contributed by atoms with van der Waals surface area (Å²) in [6.07, 6.45) is 0.926. The molecule has 1 heterocycles. The van der Waals surface area contributed by atoms with Crippen LogP contribution in [0, 0.1) is 11.6 Å². The van der Waals surface area contributed by atoms with Gasteiger partial charge in [0.25, 0.3) is 0 Å². The fourth-order valence-corrected chi connectivity index (χ4v) is 1.62. The van der Waals surface area contributed by atoms with Gasteiger partial charge in [-0.05, 0) is 37.6 Å². The molecule has 1 unspecified atom stereocenters. The molecule has 0 aromatic heterocycles. The summed E-state index contributed by atoms with van der Waals surface area (Å²) in [4.78, 5) is 0. The van der Waals surface area contributed by atoms with Crippen LogP contribution < -0.4 is 5.32 Å². The van der Waals surface area contributed by atoms with Crippen molar-refractivity contribution in [2.24, 2.45) is 0 Å². The molecule has 3 heteroatoms. The van der Waals surface area contributed by atoms with Crippen LogP contribution in [-0.2, 0) is 5.54 Å². The van der Waals surface area contributed by atoms with Crippen LogP contribution in [0.3, 0.4) is 0 Å². The van der Waals surface area contributed by atoms with Crippen molar-refractivity contribution >= 4 is 0 Å². The van der Waals surface area contributed by atoms with E-state index in [-0.39, 0.29) is 5.54 Å². The number of benzene rings is 1. The standard InChI is InChI=1S/C10H11F2N/c1-10(2-3-13-10)7-4-8(11)6-9(12)5-7/h4-6,13H,2-3H2,1H3. The van der Waals surface area contributed by atoms with E-state index in [0.29, 0.717) is 5.56 Å². The molecule has 2 rings (SSSR count). The van der Waals surface area contributed by atoms with E-state index >= 15 is 0 Å². The zero-order valence-electron chi connectivity index (χ0n) is 7.40. The van der Waals surface area contributed by atoms with Crippen molar-refractivity contribution in [3.63, 3.8) is 0 Å². The molecule has 0 aliphatic carbocycles. The Bertz CT molecular complexity index is 311. The molecule has 1 aromatic rings. The zero-order valence-corrected chi connectivity index (χ0v) is 7.40. The summed E-state index contributed by atoms with van der Waals surface area (Å²) in [6, 6.07) is 3.66. The molecule has 70 valence electrons. The molecule has 1 aliphatic heterocycles. The zero-order chi connectivity index (χ0) is 9.47. The smallest absolute Gasteiger partial charge is 0.126 e. The lowest BCUT2D eigenvalue weighted by Crippen LogP contribution is -2.51. The second-order valence-corrected chi connectivity index (χ2v) is 3.67. The molecule has 1 atom stereocenters. The van der Waals surface area contributed by atoms with Crippen LogP contribution in [0.2, 0.25) is 0 Å². The van der Waals surface area contributed by atoms with Crippen molar-refractivity contribution < 1.29 is 8.78 Å². The molecule has 0 bridgehead atoms. The van der Waals surface area contributed by atoms with Crippen molar-refractivity contribution in [2.45, 2.75) is 18.9 Å². The van der Waals surface area contributed by atoms with Crippen molar-refractivity contribution in [1.29, 1.82) is 0 Å². The third kappa shape index (κ3) is 1.44.